The molecule has 1 aromatic heterocycles. The highest BCUT2D eigenvalue weighted by Gasteiger charge is 2.19. The van der Waals surface area contributed by atoms with Crippen molar-refractivity contribution < 1.29 is 18.0 Å². The SMILES string of the molecule is CN(Cc1ccc(F)cc1F)C(=O)c1cc2ccccc2oc1=O. The van der Waals surface area contributed by atoms with E-state index in [2.05, 4.69) is 0 Å². The lowest BCUT2D eigenvalue weighted by Gasteiger charge is -2.17. The molecule has 3 aromatic rings. The number of hydrogen-bond acceptors (Lipinski definition) is 3. The van der Waals surface area contributed by atoms with Gasteiger partial charge in [-0.05, 0) is 18.2 Å². The molecule has 0 unspecified atom stereocenters. The van der Waals surface area contributed by atoms with Gasteiger partial charge in [0.25, 0.3) is 5.91 Å². The van der Waals surface area contributed by atoms with Crippen LogP contribution in [0.2, 0.25) is 0 Å². The number of halogens is 2. The lowest BCUT2D eigenvalue weighted by molar-refractivity contribution is 0.0780. The van der Waals surface area contributed by atoms with Crippen molar-refractivity contribution in [3.8, 4) is 0 Å². The van der Waals surface area contributed by atoms with Crippen molar-refractivity contribution in [1.82, 2.24) is 4.90 Å². The zero-order valence-corrected chi connectivity index (χ0v) is 12.8. The van der Waals surface area contributed by atoms with Crippen LogP contribution in [0.3, 0.4) is 0 Å². The Morgan fingerprint density at radius 2 is 1.88 bits per heavy atom. The van der Waals surface area contributed by atoms with E-state index in [9.17, 15) is 18.4 Å². The predicted molar refractivity (Wildman–Crippen MR) is 84.6 cm³/mol. The zero-order valence-electron chi connectivity index (χ0n) is 12.8. The summed E-state index contributed by atoms with van der Waals surface area (Å²) in [5.74, 6) is -2.04. The highest BCUT2D eigenvalue weighted by atomic mass is 19.1. The van der Waals surface area contributed by atoms with Gasteiger partial charge >= 0.3 is 5.63 Å². The van der Waals surface area contributed by atoms with Crippen LogP contribution in [0.4, 0.5) is 8.78 Å². The summed E-state index contributed by atoms with van der Waals surface area (Å²) in [6.45, 7) is -0.1000. The summed E-state index contributed by atoms with van der Waals surface area (Å²) in [4.78, 5) is 25.6. The summed E-state index contributed by atoms with van der Waals surface area (Å²) in [5.41, 5.74) is -0.368. The predicted octanol–water partition coefficient (Wildman–Crippen LogP) is 3.34. The summed E-state index contributed by atoms with van der Waals surface area (Å²) < 4.78 is 31.8. The highest BCUT2D eigenvalue weighted by molar-refractivity contribution is 5.96. The van der Waals surface area contributed by atoms with Crippen LogP contribution in [0, 0.1) is 11.6 Å². The molecule has 2 aromatic carbocycles. The number of hydrogen-bond donors (Lipinski definition) is 0. The fourth-order valence-corrected chi connectivity index (χ4v) is 2.39. The second kappa shape index (κ2) is 6.23. The number of benzene rings is 2. The Morgan fingerprint density at radius 1 is 1.12 bits per heavy atom. The Balaban J connectivity index is 1.90. The molecule has 0 saturated carbocycles. The maximum absolute atomic E-state index is 13.7. The van der Waals surface area contributed by atoms with Gasteiger partial charge in [0, 0.05) is 30.6 Å². The van der Waals surface area contributed by atoms with Gasteiger partial charge in [-0.25, -0.2) is 13.6 Å². The van der Waals surface area contributed by atoms with Gasteiger partial charge in [0.2, 0.25) is 0 Å². The Bertz CT molecular complexity index is 981. The van der Waals surface area contributed by atoms with Crippen molar-refractivity contribution in [1.29, 1.82) is 0 Å². The minimum atomic E-state index is -0.759. The second-order valence-corrected chi connectivity index (χ2v) is 5.38. The number of nitrogens with zero attached hydrogens (tertiary/aromatic N) is 1. The van der Waals surface area contributed by atoms with E-state index in [0.717, 1.165) is 12.1 Å². The van der Waals surface area contributed by atoms with Crippen LogP contribution in [0.5, 0.6) is 0 Å². The van der Waals surface area contributed by atoms with E-state index in [1.54, 1.807) is 24.3 Å². The molecule has 0 radical (unpaired) electrons. The molecule has 3 rings (SSSR count). The summed E-state index contributed by atoms with van der Waals surface area (Å²) in [5, 5.41) is 0.613. The van der Waals surface area contributed by atoms with Gasteiger partial charge in [-0.3, -0.25) is 4.79 Å². The van der Waals surface area contributed by atoms with Gasteiger partial charge in [-0.1, -0.05) is 24.3 Å². The van der Waals surface area contributed by atoms with E-state index in [1.807, 2.05) is 0 Å². The zero-order chi connectivity index (χ0) is 17.3. The maximum Gasteiger partial charge on any atom is 0.349 e. The number of rotatable bonds is 3. The molecule has 1 amide bonds. The molecular weight excluding hydrogens is 316 g/mol. The molecule has 0 aliphatic carbocycles. The first-order valence-corrected chi connectivity index (χ1v) is 7.18. The fourth-order valence-electron chi connectivity index (χ4n) is 2.39. The summed E-state index contributed by atoms with van der Waals surface area (Å²) in [7, 11) is 1.43. The van der Waals surface area contributed by atoms with Crippen LogP contribution >= 0.6 is 0 Å². The number of amides is 1. The first kappa shape index (κ1) is 15.9. The molecule has 122 valence electrons. The van der Waals surface area contributed by atoms with Crippen LogP contribution in [0.25, 0.3) is 11.0 Å². The molecule has 0 aliphatic heterocycles. The van der Waals surface area contributed by atoms with Gasteiger partial charge in [0.05, 0.1) is 0 Å². The van der Waals surface area contributed by atoms with Gasteiger partial charge in [0.1, 0.15) is 22.8 Å². The third kappa shape index (κ3) is 3.03. The minimum absolute atomic E-state index is 0.1000. The Morgan fingerprint density at radius 3 is 2.62 bits per heavy atom. The lowest BCUT2D eigenvalue weighted by Crippen LogP contribution is -2.30. The van der Waals surface area contributed by atoms with Crippen molar-refractivity contribution in [3.05, 3.63) is 81.7 Å². The molecule has 4 nitrogen and oxygen atoms in total. The van der Waals surface area contributed by atoms with E-state index in [0.29, 0.717) is 11.0 Å². The van der Waals surface area contributed by atoms with Crippen molar-refractivity contribution >= 4 is 16.9 Å². The van der Waals surface area contributed by atoms with E-state index in [-0.39, 0.29) is 17.7 Å². The highest BCUT2D eigenvalue weighted by Crippen LogP contribution is 2.16. The summed E-state index contributed by atoms with van der Waals surface area (Å²) >= 11 is 0. The number of carbonyl (C=O) groups excluding carboxylic acids is 1. The van der Waals surface area contributed by atoms with Crippen LogP contribution in [-0.4, -0.2) is 17.9 Å². The van der Waals surface area contributed by atoms with E-state index in [1.165, 1.54) is 24.1 Å². The van der Waals surface area contributed by atoms with Gasteiger partial charge in [-0.2, -0.15) is 0 Å². The number of carbonyl (C=O) groups is 1. The van der Waals surface area contributed by atoms with Crippen molar-refractivity contribution in [2.45, 2.75) is 6.54 Å². The maximum atomic E-state index is 13.7. The second-order valence-electron chi connectivity index (χ2n) is 5.38. The number of fused-ring (bicyclic) bond motifs is 1. The molecular formula is C18H13F2NO3. The first-order valence-electron chi connectivity index (χ1n) is 7.18. The average molecular weight is 329 g/mol. The Kier molecular flexibility index (Phi) is 4.12. The lowest BCUT2D eigenvalue weighted by atomic mass is 10.1. The van der Waals surface area contributed by atoms with E-state index < -0.39 is 23.2 Å². The molecule has 0 fully saturated rings. The van der Waals surface area contributed by atoms with E-state index in [4.69, 9.17) is 4.42 Å². The smallest absolute Gasteiger partial charge is 0.349 e. The van der Waals surface area contributed by atoms with E-state index >= 15 is 0 Å². The summed E-state index contributed by atoms with van der Waals surface area (Å²) in [6.07, 6.45) is 0. The minimum Gasteiger partial charge on any atom is -0.422 e. The largest absolute Gasteiger partial charge is 0.422 e. The molecule has 0 saturated heterocycles. The monoisotopic (exact) mass is 329 g/mol. The Labute approximate surface area is 135 Å². The molecule has 0 bridgehead atoms. The molecule has 0 aliphatic rings. The van der Waals surface area contributed by atoms with Gasteiger partial charge < -0.3 is 9.32 Å². The molecule has 0 atom stereocenters. The molecule has 6 heteroatoms. The molecule has 1 heterocycles. The molecule has 24 heavy (non-hydrogen) atoms. The van der Waals surface area contributed by atoms with Gasteiger partial charge in [0.15, 0.2) is 0 Å². The third-order valence-corrected chi connectivity index (χ3v) is 3.64. The number of para-hydroxylation sites is 1. The first-order chi connectivity index (χ1) is 11.5. The Hall–Kier alpha value is -3.02. The van der Waals surface area contributed by atoms with Crippen LogP contribution in [0.15, 0.2) is 57.7 Å². The third-order valence-electron chi connectivity index (χ3n) is 3.64. The summed E-state index contributed by atoms with van der Waals surface area (Å²) in [6, 6.07) is 11.4. The molecule has 0 N–H and O–H groups in total. The average Bonchev–Trinajstić information content (AvgIpc) is 2.56. The van der Waals surface area contributed by atoms with Gasteiger partial charge in [-0.15, -0.1) is 0 Å². The standard InChI is InChI=1S/C18H13F2NO3/c1-21(10-12-6-7-13(19)9-15(12)20)17(22)14-8-11-4-2-3-5-16(11)24-18(14)23/h2-9H,10H2,1H3. The molecule has 0 spiro atoms. The van der Waals surface area contributed by atoms with Crippen LogP contribution < -0.4 is 5.63 Å². The topological polar surface area (TPSA) is 50.5 Å². The van der Waals surface area contributed by atoms with Crippen molar-refractivity contribution in [3.63, 3.8) is 0 Å². The normalized spacial score (nSPS) is 10.8. The van der Waals surface area contributed by atoms with Crippen molar-refractivity contribution in [2.24, 2.45) is 0 Å². The quantitative estimate of drug-likeness (QED) is 0.693. The van der Waals surface area contributed by atoms with Crippen LogP contribution in [-0.2, 0) is 6.54 Å². The van der Waals surface area contributed by atoms with Crippen LogP contribution in [0.1, 0.15) is 15.9 Å². The fraction of sp³-hybridized carbons (Fsp3) is 0.111. The van der Waals surface area contributed by atoms with Crippen molar-refractivity contribution in [2.75, 3.05) is 7.05 Å².